The first kappa shape index (κ1) is 24.5. The molecule has 3 heterocycles. The Morgan fingerprint density at radius 1 is 1.23 bits per heavy atom. The van der Waals surface area contributed by atoms with Crippen LogP contribution in [0.1, 0.15) is 45.9 Å². The Labute approximate surface area is 200 Å². The van der Waals surface area contributed by atoms with Crippen LogP contribution in [0.2, 0.25) is 0 Å². The predicted octanol–water partition coefficient (Wildman–Crippen LogP) is 5.65. The second-order valence-corrected chi connectivity index (χ2v) is 9.11. The average Bonchev–Trinajstić information content (AvgIpc) is 3.46. The molecule has 11 heteroatoms. The lowest BCUT2D eigenvalue weighted by atomic mass is 10.1. The van der Waals surface area contributed by atoms with Gasteiger partial charge in [0.25, 0.3) is 5.89 Å². The number of carbonyl (C=O) groups excluding carboxylic acids is 1. The molecule has 1 fully saturated rings. The molecular weight excluding hydrogens is 465 g/mol. The van der Waals surface area contributed by atoms with Crippen molar-refractivity contribution in [2.45, 2.75) is 51.7 Å². The number of carbonyl (C=O) groups is 1. The molecule has 0 aliphatic carbocycles. The third kappa shape index (κ3) is 5.90. The third-order valence-corrected chi connectivity index (χ3v) is 5.25. The summed E-state index contributed by atoms with van der Waals surface area (Å²) in [6.07, 6.45) is -0.228. The number of likely N-dealkylation sites (tertiary alicyclic amines) is 1. The Balaban J connectivity index is 1.55. The molecule has 1 saturated heterocycles. The fourth-order valence-electron chi connectivity index (χ4n) is 3.77. The molecule has 1 unspecified atom stereocenters. The zero-order valence-corrected chi connectivity index (χ0v) is 19.5. The van der Waals surface area contributed by atoms with Gasteiger partial charge in [0.05, 0.1) is 6.04 Å². The molecule has 8 nitrogen and oxygen atoms in total. The normalized spacial score (nSPS) is 16.1. The van der Waals surface area contributed by atoms with Crippen molar-refractivity contribution in [2.75, 3.05) is 13.2 Å². The summed E-state index contributed by atoms with van der Waals surface area (Å²) in [5.41, 5.74) is 0.194. The van der Waals surface area contributed by atoms with Crippen LogP contribution < -0.4 is 4.74 Å². The highest BCUT2D eigenvalue weighted by molar-refractivity contribution is 5.71. The summed E-state index contributed by atoms with van der Waals surface area (Å²) in [5, 5.41) is 6.87. The molecule has 1 amide bonds. The molecule has 3 aromatic rings. The molecular formula is C24H25F3N4O4. The van der Waals surface area contributed by atoms with Gasteiger partial charge >= 0.3 is 12.5 Å². The number of rotatable bonds is 6. The van der Waals surface area contributed by atoms with Crippen molar-refractivity contribution in [3.63, 3.8) is 0 Å². The molecule has 1 atom stereocenters. The van der Waals surface area contributed by atoms with Crippen LogP contribution in [0.5, 0.6) is 5.75 Å². The van der Waals surface area contributed by atoms with Crippen molar-refractivity contribution < 1.29 is 31.9 Å². The fourth-order valence-corrected chi connectivity index (χ4v) is 3.77. The van der Waals surface area contributed by atoms with Crippen LogP contribution in [-0.4, -0.2) is 51.0 Å². The van der Waals surface area contributed by atoms with Crippen LogP contribution in [0.4, 0.5) is 18.0 Å². The van der Waals surface area contributed by atoms with Gasteiger partial charge in [0, 0.05) is 23.9 Å². The molecule has 0 N–H and O–H groups in total. The van der Waals surface area contributed by atoms with Gasteiger partial charge in [-0.05, 0) is 63.9 Å². The summed E-state index contributed by atoms with van der Waals surface area (Å²) in [6.45, 7) is 6.20. The molecule has 0 spiro atoms. The van der Waals surface area contributed by atoms with E-state index < -0.39 is 29.8 Å². The standard InChI is InChI=1S/C24H25F3N4O4/c1-24(2,3)35-23(32)31-9-5-6-17(31)13-33-18-7-4-8-28-19(18)14-10-15(12-16(25)11-14)21-29-30-22(34-21)20(26)27/h4,7-8,10-12,17,20H,5-6,9,13H2,1-3H3. The Bertz CT molecular complexity index is 1200. The molecule has 2 aromatic heterocycles. The van der Waals surface area contributed by atoms with Gasteiger partial charge in [-0.15, -0.1) is 10.2 Å². The van der Waals surface area contributed by atoms with Crippen molar-refractivity contribution in [1.82, 2.24) is 20.1 Å². The summed E-state index contributed by atoms with van der Waals surface area (Å²) in [6, 6.07) is 7.02. The first-order valence-corrected chi connectivity index (χ1v) is 11.1. The SMILES string of the molecule is CC(C)(C)OC(=O)N1CCCC1COc1cccnc1-c1cc(F)cc(-c2nnc(C(F)F)o2)c1. The highest BCUT2D eigenvalue weighted by Crippen LogP contribution is 2.33. The maximum atomic E-state index is 14.4. The smallest absolute Gasteiger partial charge is 0.410 e. The molecule has 0 bridgehead atoms. The Morgan fingerprint density at radius 2 is 2.00 bits per heavy atom. The van der Waals surface area contributed by atoms with Crippen molar-refractivity contribution in [3.8, 4) is 28.5 Å². The summed E-state index contributed by atoms with van der Waals surface area (Å²) in [4.78, 5) is 18.5. The van der Waals surface area contributed by atoms with Gasteiger partial charge in [-0.2, -0.15) is 8.78 Å². The van der Waals surface area contributed by atoms with Crippen molar-refractivity contribution in [3.05, 3.63) is 48.2 Å². The minimum atomic E-state index is -2.93. The molecule has 1 aromatic carbocycles. The zero-order valence-electron chi connectivity index (χ0n) is 19.5. The van der Waals surface area contributed by atoms with E-state index in [-0.39, 0.29) is 24.1 Å². The van der Waals surface area contributed by atoms with Crippen LogP contribution in [0.3, 0.4) is 0 Å². The van der Waals surface area contributed by atoms with E-state index in [1.807, 2.05) is 20.8 Å². The van der Waals surface area contributed by atoms with Crippen LogP contribution in [0.15, 0.2) is 40.9 Å². The van der Waals surface area contributed by atoms with Crippen LogP contribution >= 0.6 is 0 Å². The monoisotopic (exact) mass is 490 g/mol. The van der Waals surface area contributed by atoms with E-state index in [9.17, 15) is 18.0 Å². The Hall–Kier alpha value is -3.63. The third-order valence-electron chi connectivity index (χ3n) is 5.25. The van der Waals surface area contributed by atoms with Gasteiger partial charge in [-0.1, -0.05) is 0 Å². The fraction of sp³-hybridized carbons (Fsp3) is 0.417. The molecule has 35 heavy (non-hydrogen) atoms. The number of hydrogen-bond donors (Lipinski definition) is 0. The van der Waals surface area contributed by atoms with E-state index in [0.29, 0.717) is 23.6 Å². The lowest BCUT2D eigenvalue weighted by Crippen LogP contribution is -2.42. The minimum absolute atomic E-state index is 0.128. The highest BCUT2D eigenvalue weighted by atomic mass is 19.3. The molecule has 0 saturated carbocycles. The van der Waals surface area contributed by atoms with Gasteiger partial charge in [0.1, 0.15) is 29.5 Å². The lowest BCUT2D eigenvalue weighted by Gasteiger charge is -2.28. The maximum absolute atomic E-state index is 14.4. The summed E-state index contributed by atoms with van der Waals surface area (Å²) in [5.74, 6) is -1.35. The number of ether oxygens (including phenoxy) is 2. The largest absolute Gasteiger partial charge is 0.489 e. The Morgan fingerprint density at radius 3 is 2.71 bits per heavy atom. The van der Waals surface area contributed by atoms with Gasteiger partial charge < -0.3 is 18.8 Å². The molecule has 1 aliphatic heterocycles. The maximum Gasteiger partial charge on any atom is 0.410 e. The van der Waals surface area contributed by atoms with Crippen LogP contribution in [0.25, 0.3) is 22.7 Å². The van der Waals surface area contributed by atoms with Crippen molar-refractivity contribution in [2.24, 2.45) is 0 Å². The number of nitrogens with zero attached hydrogens (tertiary/aromatic N) is 4. The number of amides is 1. The topological polar surface area (TPSA) is 90.6 Å². The molecule has 4 rings (SSSR count). The van der Waals surface area contributed by atoms with E-state index in [2.05, 4.69) is 15.2 Å². The van der Waals surface area contributed by atoms with E-state index >= 15 is 0 Å². The number of alkyl halides is 2. The van der Waals surface area contributed by atoms with Crippen LogP contribution in [0, 0.1) is 5.82 Å². The van der Waals surface area contributed by atoms with Crippen LogP contribution in [-0.2, 0) is 4.74 Å². The van der Waals surface area contributed by atoms with Gasteiger partial charge in [0.2, 0.25) is 5.89 Å². The van der Waals surface area contributed by atoms with Gasteiger partial charge in [0.15, 0.2) is 0 Å². The van der Waals surface area contributed by atoms with E-state index in [1.165, 1.54) is 18.3 Å². The van der Waals surface area contributed by atoms with E-state index in [1.54, 1.807) is 17.0 Å². The van der Waals surface area contributed by atoms with Crippen molar-refractivity contribution >= 4 is 6.09 Å². The quantitative estimate of drug-likeness (QED) is 0.441. The van der Waals surface area contributed by atoms with Gasteiger partial charge in [-0.3, -0.25) is 4.98 Å². The average molecular weight is 490 g/mol. The summed E-state index contributed by atoms with van der Waals surface area (Å²) < 4.78 is 56.5. The van der Waals surface area contributed by atoms with E-state index in [0.717, 1.165) is 18.9 Å². The molecule has 0 radical (unpaired) electrons. The molecule has 1 aliphatic rings. The number of halogens is 3. The van der Waals surface area contributed by atoms with E-state index in [4.69, 9.17) is 13.9 Å². The number of pyridine rings is 1. The predicted molar refractivity (Wildman–Crippen MR) is 119 cm³/mol. The first-order chi connectivity index (χ1) is 16.6. The number of aromatic nitrogens is 3. The lowest BCUT2D eigenvalue weighted by molar-refractivity contribution is 0.0187. The number of hydrogen-bond acceptors (Lipinski definition) is 7. The van der Waals surface area contributed by atoms with Gasteiger partial charge in [-0.25, -0.2) is 9.18 Å². The van der Waals surface area contributed by atoms with Crippen molar-refractivity contribution in [1.29, 1.82) is 0 Å². The molecule has 186 valence electrons. The summed E-state index contributed by atoms with van der Waals surface area (Å²) in [7, 11) is 0. The zero-order chi connectivity index (χ0) is 25.2. The summed E-state index contributed by atoms with van der Waals surface area (Å²) >= 11 is 0. The highest BCUT2D eigenvalue weighted by Gasteiger charge is 2.33. The minimum Gasteiger partial charge on any atom is -0.489 e. The number of benzene rings is 1. The first-order valence-electron chi connectivity index (χ1n) is 11.1. The second-order valence-electron chi connectivity index (χ2n) is 9.11. The second kappa shape index (κ2) is 9.93. The Kier molecular flexibility index (Phi) is 6.95.